The molecule has 4 nitrogen and oxygen atoms in total. The van der Waals surface area contributed by atoms with Crippen molar-refractivity contribution in [2.45, 2.75) is 34.2 Å². The lowest BCUT2D eigenvalue weighted by Crippen LogP contribution is -2.38. The minimum absolute atomic E-state index is 0.178. The van der Waals surface area contributed by atoms with E-state index in [9.17, 15) is 4.79 Å². The van der Waals surface area contributed by atoms with E-state index in [-0.39, 0.29) is 5.91 Å². The Balaban J connectivity index is 2.72. The van der Waals surface area contributed by atoms with Crippen LogP contribution < -0.4 is 10.2 Å². The van der Waals surface area contributed by atoms with Crippen LogP contribution in [0.25, 0.3) is 0 Å². The van der Waals surface area contributed by atoms with E-state index in [2.05, 4.69) is 37.4 Å². The van der Waals surface area contributed by atoms with Crippen LogP contribution in [0, 0.1) is 6.92 Å². The first kappa shape index (κ1) is 17.5. The minimum atomic E-state index is 0.178. The van der Waals surface area contributed by atoms with Crippen LogP contribution in [0.2, 0.25) is 0 Å². The molecule has 0 aliphatic heterocycles. The Morgan fingerprint density at radius 3 is 2.38 bits per heavy atom. The predicted octanol–water partition coefficient (Wildman–Crippen LogP) is 2.41. The van der Waals surface area contributed by atoms with E-state index in [0.29, 0.717) is 6.54 Å². The molecule has 21 heavy (non-hydrogen) atoms. The molecule has 0 spiro atoms. The maximum absolute atomic E-state index is 12.2. The third-order valence-corrected chi connectivity index (χ3v) is 3.82. The summed E-state index contributed by atoms with van der Waals surface area (Å²) in [5.41, 5.74) is 3.66. The van der Waals surface area contributed by atoms with Gasteiger partial charge in [-0.25, -0.2) is 0 Å². The topological polar surface area (TPSA) is 35.6 Å². The standard InChI is InChI=1S/C17H29N3O/c1-6-18-12-15-9-10-16(11-14(15)4)19(5)13-17(21)20(7-2)8-3/h9-11,18H,6-8,12-13H2,1-5H3. The molecule has 0 saturated carbocycles. The van der Waals surface area contributed by atoms with Crippen molar-refractivity contribution in [2.24, 2.45) is 0 Å². The molecule has 0 heterocycles. The molecule has 0 atom stereocenters. The summed E-state index contributed by atoms with van der Waals surface area (Å²) in [6, 6.07) is 6.39. The number of carbonyl (C=O) groups excluding carboxylic acids is 1. The van der Waals surface area contributed by atoms with Gasteiger partial charge in [0.15, 0.2) is 0 Å². The molecule has 4 heteroatoms. The zero-order valence-corrected chi connectivity index (χ0v) is 14.1. The fourth-order valence-corrected chi connectivity index (χ4v) is 2.35. The maximum Gasteiger partial charge on any atom is 0.242 e. The van der Waals surface area contributed by atoms with E-state index in [1.54, 1.807) is 0 Å². The molecular weight excluding hydrogens is 262 g/mol. The van der Waals surface area contributed by atoms with E-state index in [0.717, 1.165) is 31.9 Å². The number of hydrogen-bond acceptors (Lipinski definition) is 3. The van der Waals surface area contributed by atoms with Gasteiger partial charge in [-0.2, -0.15) is 0 Å². The highest BCUT2D eigenvalue weighted by Crippen LogP contribution is 2.18. The highest BCUT2D eigenvalue weighted by molar-refractivity contribution is 5.81. The van der Waals surface area contributed by atoms with Gasteiger partial charge in [0.2, 0.25) is 5.91 Å². The van der Waals surface area contributed by atoms with E-state index in [1.165, 1.54) is 11.1 Å². The van der Waals surface area contributed by atoms with Crippen LogP contribution in [0.15, 0.2) is 18.2 Å². The molecule has 1 amide bonds. The van der Waals surface area contributed by atoms with Crippen molar-refractivity contribution in [1.82, 2.24) is 10.2 Å². The number of carbonyl (C=O) groups is 1. The Bertz CT molecular complexity index is 455. The van der Waals surface area contributed by atoms with Gasteiger partial charge in [0.05, 0.1) is 6.54 Å². The second-order valence-corrected chi connectivity index (χ2v) is 5.31. The van der Waals surface area contributed by atoms with Gasteiger partial charge < -0.3 is 15.1 Å². The third-order valence-electron chi connectivity index (χ3n) is 3.82. The Kier molecular flexibility index (Phi) is 7.23. The summed E-state index contributed by atoms with van der Waals surface area (Å²) in [4.78, 5) is 16.0. The number of amides is 1. The molecule has 0 aromatic heterocycles. The average molecular weight is 291 g/mol. The van der Waals surface area contributed by atoms with Gasteiger partial charge in [0.25, 0.3) is 0 Å². The predicted molar refractivity (Wildman–Crippen MR) is 89.8 cm³/mol. The molecule has 1 N–H and O–H groups in total. The van der Waals surface area contributed by atoms with Gasteiger partial charge in [-0.05, 0) is 50.6 Å². The van der Waals surface area contributed by atoms with E-state index in [1.807, 2.05) is 30.7 Å². The molecule has 0 saturated heterocycles. The lowest BCUT2D eigenvalue weighted by Gasteiger charge is -2.25. The largest absolute Gasteiger partial charge is 0.365 e. The van der Waals surface area contributed by atoms with E-state index >= 15 is 0 Å². The van der Waals surface area contributed by atoms with Crippen molar-refractivity contribution < 1.29 is 4.79 Å². The Morgan fingerprint density at radius 1 is 1.19 bits per heavy atom. The molecule has 0 aliphatic carbocycles. The van der Waals surface area contributed by atoms with Crippen LogP contribution in [0.5, 0.6) is 0 Å². The molecular formula is C17H29N3O. The number of benzene rings is 1. The fraction of sp³-hybridized carbons (Fsp3) is 0.588. The van der Waals surface area contributed by atoms with Crippen molar-refractivity contribution in [2.75, 3.05) is 38.1 Å². The van der Waals surface area contributed by atoms with Crippen molar-refractivity contribution in [3.63, 3.8) is 0 Å². The Morgan fingerprint density at radius 2 is 1.86 bits per heavy atom. The lowest BCUT2D eigenvalue weighted by atomic mass is 10.1. The molecule has 0 radical (unpaired) electrons. The summed E-state index contributed by atoms with van der Waals surface area (Å²) < 4.78 is 0. The number of nitrogens with zero attached hydrogens (tertiary/aromatic N) is 2. The summed E-state index contributed by atoms with van der Waals surface area (Å²) in [5, 5.41) is 3.34. The third kappa shape index (κ3) is 5.05. The second kappa shape index (κ2) is 8.67. The summed E-state index contributed by atoms with van der Waals surface area (Å²) in [5.74, 6) is 0.178. The van der Waals surface area contributed by atoms with Crippen molar-refractivity contribution in [3.05, 3.63) is 29.3 Å². The van der Waals surface area contributed by atoms with Crippen LogP contribution in [-0.2, 0) is 11.3 Å². The minimum Gasteiger partial charge on any atom is -0.365 e. The molecule has 1 rings (SSSR count). The van der Waals surface area contributed by atoms with Gasteiger partial charge in [0, 0.05) is 32.4 Å². The highest BCUT2D eigenvalue weighted by atomic mass is 16.2. The van der Waals surface area contributed by atoms with Crippen LogP contribution in [0.1, 0.15) is 31.9 Å². The molecule has 0 unspecified atom stereocenters. The molecule has 0 aliphatic rings. The maximum atomic E-state index is 12.2. The monoisotopic (exact) mass is 291 g/mol. The van der Waals surface area contributed by atoms with Gasteiger partial charge in [-0.15, -0.1) is 0 Å². The number of nitrogens with one attached hydrogen (secondary N) is 1. The zero-order valence-electron chi connectivity index (χ0n) is 14.1. The summed E-state index contributed by atoms with van der Waals surface area (Å²) in [7, 11) is 1.97. The second-order valence-electron chi connectivity index (χ2n) is 5.31. The lowest BCUT2D eigenvalue weighted by molar-refractivity contribution is -0.129. The molecule has 1 aromatic carbocycles. The van der Waals surface area contributed by atoms with Crippen molar-refractivity contribution in [1.29, 1.82) is 0 Å². The van der Waals surface area contributed by atoms with Gasteiger partial charge >= 0.3 is 0 Å². The van der Waals surface area contributed by atoms with Gasteiger partial charge in [-0.1, -0.05) is 13.0 Å². The first-order valence-corrected chi connectivity index (χ1v) is 7.82. The highest BCUT2D eigenvalue weighted by Gasteiger charge is 2.13. The van der Waals surface area contributed by atoms with Crippen LogP contribution in [0.4, 0.5) is 5.69 Å². The number of anilines is 1. The van der Waals surface area contributed by atoms with Crippen LogP contribution in [0.3, 0.4) is 0 Å². The van der Waals surface area contributed by atoms with Crippen molar-refractivity contribution >= 4 is 11.6 Å². The summed E-state index contributed by atoms with van der Waals surface area (Å²) in [6.07, 6.45) is 0. The van der Waals surface area contributed by atoms with Crippen LogP contribution in [-0.4, -0.2) is 44.0 Å². The van der Waals surface area contributed by atoms with E-state index in [4.69, 9.17) is 0 Å². The van der Waals surface area contributed by atoms with Gasteiger partial charge in [0.1, 0.15) is 0 Å². The van der Waals surface area contributed by atoms with E-state index < -0.39 is 0 Å². The van der Waals surface area contributed by atoms with Gasteiger partial charge in [-0.3, -0.25) is 4.79 Å². The quantitative estimate of drug-likeness (QED) is 0.799. The fourth-order valence-electron chi connectivity index (χ4n) is 2.35. The average Bonchev–Trinajstić information content (AvgIpc) is 2.47. The molecule has 118 valence electrons. The first-order chi connectivity index (χ1) is 10.0. The summed E-state index contributed by atoms with van der Waals surface area (Å²) in [6.45, 7) is 12.1. The number of hydrogen-bond donors (Lipinski definition) is 1. The van der Waals surface area contributed by atoms with Crippen molar-refractivity contribution in [3.8, 4) is 0 Å². The normalized spacial score (nSPS) is 10.5. The Labute approximate surface area is 129 Å². The summed E-state index contributed by atoms with van der Waals surface area (Å²) >= 11 is 0. The zero-order chi connectivity index (χ0) is 15.8. The number of likely N-dealkylation sites (N-methyl/N-ethyl adjacent to an activating group) is 2. The smallest absolute Gasteiger partial charge is 0.242 e. The molecule has 0 fully saturated rings. The Hall–Kier alpha value is -1.55. The number of rotatable bonds is 8. The molecule has 0 bridgehead atoms. The SMILES string of the molecule is CCNCc1ccc(N(C)CC(=O)N(CC)CC)cc1C. The van der Waals surface area contributed by atoms with Crippen LogP contribution >= 0.6 is 0 Å². The molecule has 1 aromatic rings. The first-order valence-electron chi connectivity index (χ1n) is 7.82. The number of aryl methyl sites for hydroxylation is 1.